The first-order valence-electron chi connectivity index (χ1n) is 15.0. The van der Waals surface area contributed by atoms with Crippen molar-refractivity contribution >= 4 is 49.6 Å². The largest absolute Gasteiger partial charge is 0.373 e. The van der Waals surface area contributed by atoms with E-state index in [1.54, 1.807) is 0 Å². The molecule has 0 atom stereocenters. The van der Waals surface area contributed by atoms with Crippen molar-refractivity contribution in [2.24, 2.45) is 0 Å². The molecule has 0 radical (unpaired) electrons. The first kappa shape index (κ1) is 26.3. The van der Waals surface area contributed by atoms with Gasteiger partial charge in [-0.3, -0.25) is 0 Å². The zero-order valence-corrected chi connectivity index (χ0v) is 25.0. The van der Waals surface area contributed by atoms with Crippen LogP contribution in [-0.2, 0) is 0 Å². The predicted molar refractivity (Wildman–Crippen MR) is 190 cm³/mol. The maximum atomic E-state index is 3.58. The van der Waals surface area contributed by atoms with Crippen molar-refractivity contribution < 1.29 is 0 Å². The van der Waals surface area contributed by atoms with Crippen LogP contribution in [0, 0.1) is 0 Å². The number of hydrogen-bond acceptors (Lipinski definition) is 3. The summed E-state index contributed by atoms with van der Waals surface area (Å²) in [4.78, 5) is 2.39. The lowest BCUT2D eigenvalue weighted by atomic mass is 10.00. The summed E-state index contributed by atoms with van der Waals surface area (Å²) in [5, 5.41) is 6.10. The molecule has 210 valence electrons. The lowest BCUT2D eigenvalue weighted by Gasteiger charge is -2.26. The number of fused-ring (bicyclic) bond motifs is 3. The molecule has 0 unspecified atom stereocenters. The van der Waals surface area contributed by atoms with Crippen LogP contribution in [0.5, 0.6) is 0 Å². The summed E-state index contributed by atoms with van der Waals surface area (Å²) >= 11 is 1.84. The Morgan fingerprint density at radius 2 is 0.955 bits per heavy atom. The molecular weight excluding hydrogens is 553 g/mol. The van der Waals surface area contributed by atoms with Gasteiger partial charge in [-0.25, -0.2) is 0 Å². The number of hydrogen-bond donors (Lipinski definition) is 1. The second-order valence-electron chi connectivity index (χ2n) is 11.0. The molecule has 7 aromatic rings. The van der Waals surface area contributed by atoms with Crippen LogP contribution in [-0.4, -0.2) is 6.54 Å². The van der Waals surface area contributed by atoms with Crippen molar-refractivity contribution in [1.82, 2.24) is 0 Å². The van der Waals surface area contributed by atoms with Crippen LogP contribution >= 0.6 is 11.3 Å². The summed E-state index contributed by atoms with van der Waals surface area (Å²) in [5.41, 5.74) is 12.0. The van der Waals surface area contributed by atoms with Crippen LogP contribution < -0.4 is 10.2 Å². The fraction of sp³-hybridized carbons (Fsp3) is 0.0244. The van der Waals surface area contributed by atoms with Crippen molar-refractivity contribution in [1.29, 1.82) is 0 Å². The molecule has 1 aliphatic rings. The second-order valence-corrected chi connectivity index (χ2v) is 12.0. The molecule has 0 saturated heterocycles. The van der Waals surface area contributed by atoms with Crippen LogP contribution in [0.2, 0.25) is 0 Å². The minimum atomic E-state index is 0.869. The summed E-state index contributed by atoms with van der Waals surface area (Å²) in [7, 11) is 0. The normalized spacial score (nSPS) is 12.1. The minimum absolute atomic E-state index is 0.869. The quantitative estimate of drug-likeness (QED) is 0.210. The van der Waals surface area contributed by atoms with Gasteiger partial charge in [-0.2, -0.15) is 0 Å². The number of rotatable bonds is 6. The predicted octanol–water partition coefficient (Wildman–Crippen LogP) is 11.8. The van der Waals surface area contributed by atoms with Gasteiger partial charge >= 0.3 is 0 Å². The molecule has 0 saturated carbocycles. The van der Waals surface area contributed by atoms with E-state index in [0.717, 1.165) is 17.9 Å². The van der Waals surface area contributed by atoms with Gasteiger partial charge in [0.15, 0.2) is 0 Å². The third-order valence-corrected chi connectivity index (χ3v) is 9.52. The Kier molecular flexibility index (Phi) is 6.78. The zero-order chi connectivity index (χ0) is 29.3. The smallest absolute Gasteiger partial charge is 0.0971 e. The highest BCUT2D eigenvalue weighted by Gasteiger charge is 2.20. The first-order chi connectivity index (χ1) is 21.8. The molecule has 0 spiro atoms. The van der Waals surface area contributed by atoms with Crippen LogP contribution in [0.25, 0.3) is 49.5 Å². The summed E-state index contributed by atoms with van der Waals surface area (Å²) in [6.07, 6.45) is 4.46. The van der Waals surface area contributed by atoms with E-state index in [9.17, 15) is 0 Å². The Labute approximate surface area is 262 Å². The molecule has 2 heterocycles. The highest BCUT2D eigenvalue weighted by molar-refractivity contribution is 7.23. The minimum Gasteiger partial charge on any atom is -0.373 e. The first-order valence-corrected chi connectivity index (χ1v) is 15.8. The molecule has 0 fully saturated rings. The van der Waals surface area contributed by atoms with Gasteiger partial charge in [0.2, 0.25) is 0 Å². The van der Waals surface area contributed by atoms with E-state index in [4.69, 9.17) is 0 Å². The lowest BCUT2D eigenvalue weighted by molar-refractivity contribution is 1.30. The van der Waals surface area contributed by atoms with Crippen molar-refractivity contribution in [3.63, 3.8) is 0 Å². The van der Waals surface area contributed by atoms with Crippen molar-refractivity contribution in [3.8, 4) is 33.4 Å². The third kappa shape index (κ3) is 4.88. The standard InChI is InChI=1S/C41H30N2S/c1-3-9-29(10-4-1)31-16-18-32(19-17-31)34-22-26-36(27-23-34)43(35-24-20-33(21-25-35)30-11-5-2-6-12-30)39-15-7-13-37-38-14-8-28-42-41(38)44-40(37)39/h1-27,42H,28H2. The van der Waals surface area contributed by atoms with Crippen LogP contribution in [0.4, 0.5) is 22.1 Å². The highest BCUT2D eigenvalue weighted by Crippen LogP contribution is 2.47. The Hall–Kier alpha value is -5.38. The lowest BCUT2D eigenvalue weighted by Crippen LogP contribution is -2.10. The average molecular weight is 583 g/mol. The van der Waals surface area contributed by atoms with Gasteiger partial charge < -0.3 is 10.2 Å². The fourth-order valence-corrected chi connectivity index (χ4v) is 7.27. The number of anilines is 4. The van der Waals surface area contributed by atoms with Gasteiger partial charge in [0.05, 0.1) is 15.4 Å². The molecule has 6 aromatic carbocycles. The van der Waals surface area contributed by atoms with E-state index in [2.05, 4.69) is 174 Å². The summed E-state index contributed by atoms with van der Waals surface area (Å²) in [5.74, 6) is 0. The fourth-order valence-electron chi connectivity index (χ4n) is 6.07. The summed E-state index contributed by atoms with van der Waals surface area (Å²) in [6.45, 7) is 0.869. The highest BCUT2D eigenvalue weighted by atomic mass is 32.1. The monoisotopic (exact) mass is 582 g/mol. The van der Waals surface area contributed by atoms with E-state index in [0.29, 0.717) is 0 Å². The maximum Gasteiger partial charge on any atom is 0.0971 e. The number of nitrogens with zero attached hydrogens (tertiary/aromatic N) is 1. The zero-order valence-electron chi connectivity index (χ0n) is 24.2. The van der Waals surface area contributed by atoms with Crippen LogP contribution in [0.3, 0.4) is 0 Å². The van der Waals surface area contributed by atoms with E-state index in [1.807, 2.05) is 11.3 Å². The van der Waals surface area contributed by atoms with E-state index >= 15 is 0 Å². The number of thiophene rings is 1. The Balaban J connectivity index is 1.20. The number of benzene rings is 6. The molecule has 0 amide bonds. The third-order valence-electron chi connectivity index (χ3n) is 8.32. The molecule has 0 aliphatic carbocycles. The second kappa shape index (κ2) is 11.4. The van der Waals surface area contributed by atoms with Gasteiger partial charge in [0.1, 0.15) is 0 Å². The molecule has 0 bridgehead atoms. The van der Waals surface area contributed by atoms with E-state index in [1.165, 1.54) is 59.7 Å². The van der Waals surface area contributed by atoms with Crippen molar-refractivity contribution in [2.75, 3.05) is 16.8 Å². The van der Waals surface area contributed by atoms with Gasteiger partial charge in [-0.1, -0.05) is 133 Å². The van der Waals surface area contributed by atoms with Gasteiger partial charge in [-0.15, -0.1) is 11.3 Å². The van der Waals surface area contributed by atoms with E-state index in [-0.39, 0.29) is 0 Å². The van der Waals surface area contributed by atoms with Crippen molar-refractivity contribution in [2.45, 2.75) is 0 Å². The van der Waals surface area contributed by atoms with E-state index < -0.39 is 0 Å². The average Bonchev–Trinajstić information content (AvgIpc) is 3.50. The molecule has 1 aliphatic heterocycles. The van der Waals surface area contributed by atoms with Gasteiger partial charge in [-0.05, 0) is 63.7 Å². The summed E-state index contributed by atoms with van der Waals surface area (Å²) in [6, 6.07) is 54.5. The Morgan fingerprint density at radius 1 is 0.477 bits per heavy atom. The molecule has 8 rings (SSSR count). The Bertz CT molecular complexity index is 2070. The molecule has 44 heavy (non-hydrogen) atoms. The Morgan fingerprint density at radius 3 is 1.48 bits per heavy atom. The van der Waals surface area contributed by atoms with Crippen LogP contribution in [0.1, 0.15) is 5.56 Å². The summed E-state index contributed by atoms with van der Waals surface area (Å²) < 4.78 is 1.28. The molecular formula is C41H30N2S. The van der Waals surface area contributed by atoms with Crippen molar-refractivity contribution in [3.05, 3.63) is 163 Å². The molecule has 3 heteroatoms. The SMILES string of the molecule is C1=Cc2c(sc3c(N(c4ccc(-c5ccccc5)cc4)c4ccc(-c5ccc(-c6ccccc6)cc5)cc4)cccc23)NC1. The maximum absolute atomic E-state index is 3.58. The van der Waals surface area contributed by atoms with Gasteiger partial charge in [0.25, 0.3) is 0 Å². The topological polar surface area (TPSA) is 15.3 Å². The van der Waals surface area contributed by atoms with Crippen LogP contribution in [0.15, 0.2) is 158 Å². The number of nitrogens with one attached hydrogen (secondary N) is 1. The molecule has 2 nitrogen and oxygen atoms in total. The molecule has 1 aromatic heterocycles. The molecule has 1 N–H and O–H groups in total. The van der Waals surface area contributed by atoms with Gasteiger partial charge in [0, 0.05) is 28.9 Å².